The highest BCUT2D eigenvalue weighted by molar-refractivity contribution is 5.81. The van der Waals surface area contributed by atoms with Crippen LogP contribution in [-0.2, 0) is 4.79 Å². The number of piperazine rings is 1. The van der Waals surface area contributed by atoms with E-state index in [9.17, 15) is 4.79 Å². The fraction of sp³-hybridized carbons (Fsp3) is 0.650. The van der Waals surface area contributed by atoms with Gasteiger partial charge in [-0.1, -0.05) is 31.4 Å². The summed E-state index contributed by atoms with van der Waals surface area (Å²) < 4.78 is 11.2. The van der Waals surface area contributed by atoms with Crippen LogP contribution in [0.15, 0.2) is 24.3 Å². The summed E-state index contributed by atoms with van der Waals surface area (Å²) in [5, 5.41) is 0. The lowest BCUT2D eigenvalue weighted by Gasteiger charge is -2.41. The number of rotatable bonds is 5. The largest absolute Gasteiger partial charge is 0.493 e. The number of carbonyl (C=O) groups excluding carboxylic acids is 1. The molecule has 5 nitrogen and oxygen atoms in total. The van der Waals surface area contributed by atoms with Gasteiger partial charge in [-0.15, -0.1) is 0 Å². The second-order valence-corrected chi connectivity index (χ2v) is 7.06. The second kappa shape index (κ2) is 8.56. The van der Waals surface area contributed by atoms with Crippen molar-refractivity contribution < 1.29 is 14.3 Å². The van der Waals surface area contributed by atoms with E-state index >= 15 is 0 Å². The van der Waals surface area contributed by atoms with E-state index < -0.39 is 6.10 Å². The molecule has 1 aromatic carbocycles. The first kappa shape index (κ1) is 18.1. The van der Waals surface area contributed by atoms with Crippen molar-refractivity contribution in [3.05, 3.63) is 24.3 Å². The van der Waals surface area contributed by atoms with E-state index in [0.29, 0.717) is 11.5 Å². The van der Waals surface area contributed by atoms with E-state index in [1.807, 2.05) is 36.1 Å². The van der Waals surface area contributed by atoms with Gasteiger partial charge in [0.2, 0.25) is 0 Å². The minimum absolute atomic E-state index is 0.0641. The van der Waals surface area contributed by atoms with Crippen LogP contribution < -0.4 is 9.47 Å². The maximum atomic E-state index is 12.7. The molecule has 1 aliphatic carbocycles. The van der Waals surface area contributed by atoms with Gasteiger partial charge in [-0.3, -0.25) is 9.69 Å². The van der Waals surface area contributed by atoms with E-state index in [1.165, 1.54) is 32.1 Å². The van der Waals surface area contributed by atoms with Crippen molar-refractivity contribution in [2.45, 2.75) is 51.2 Å². The average molecular weight is 346 g/mol. The predicted molar refractivity (Wildman–Crippen MR) is 98.1 cm³/mol. The Morgan fingerprint density at radius 2 is 1.68 bits per heavy atom. The molecule has 2 fully saturated rings. The minimum atomic E-state index is -0.502. The molecule has 138 valence electrons. The molecule has 25 heavy (non-hydrogen) atoms. The second-order valence-electron chi connectivity index (χ2n) is 7.06. The van der Waals surface area contributed by atoms with Crippen LogP contribution in [0, 0.1) is 0 Å². The van der Waals surface area contributed by atoms with Gasteiger partial charge >= 0.3 is 0 Å². The summed E-state index contributed by atoms with van der Waals surface area (Å²) in [4.78, 5) is 17.2. The number of hydrogen-bond acceptors (Lipinski definition) is 4. The van der Waals surface area contributed by atoms with E-state index in [2.05, 4.69) is 4.90 Å². The Bertz CT molecular complexity index is 564. The molecule has 0 N–H and O–H groups in total. The molecular weight excluding hydrogens is 316 g/mol. The van der Waals surface area contributed by atoms with Gasteiger partial charge in [0.25, 0.3) is 5.91 Å². The van der Waals surface area contributed by atoms with E-state index in [-0.39, 0.29) is 5.91 Å². The number of amides is 1. The highest BCUT2D eigenvalue weighted by atomic mass is 16.5. The molecule has 0 aromatic heterocycles. The van der Waals surface area contributed by atoms with Crippen molar-refractivity contribution in [1.29, 1.82) is 0 Å². The zero-order valence-electron chi connectivity index (χ0n) is 15.4. The van der Waals surface area contributed by atoms with Crippen molar-refractivity contribution in [2.24, 2.45) is 0 Å². The molecule has 1 aromatic rings. The van der Waals surface area contributed by atoms with E-state index in [4.69, 9.17) is 9.47 Å². The maximum absolute atomic E-state index is 12.7. The smallest absolute Gasteiger partial charge is 0.263 e. The Hall–Kier alpha value is -1.75. The molecule has 0 unspecified atom stereocenters. The monoisotopic (exact) mass is 346 g/mol. The molecule has 2 aliphatic rings. The fourth-order valence-electron chi connectivity index (χ4n) is 3.97. The molecular formula is C20H30N2O3. The molecule has 3 rings (SSSR count). The number of para-hydroxylation sites is 2. The molecule has 1 atom stereocenters. The van der Waals surface area contributed by atoms with E-state index in [1.54, 1.807) is 7.11 Å². The summed E-state index contributed by atoms with van der Waals surface area (Å²) in [7, 11) is 1.61. The van der Waals surface area contributed by atoms with Crippen LogP contribution in [0.3, 0.4) is 0 Å². The normalized spacial score (nSPS) is 21.0. The van der Waals surface area contributed by atoms with Gasteiger partial charge in [-0.05, 0) is 31.9 Å². The number of nitrogens with zero attached hydrogens (tertiary/aromatic N) is 2. The number of carbonyl (C=O) groups is 1. The molecule has 0 radical (unpaired) electrons. The summed E-state index contributed by atoms with van der Waals surface area (Å²) in [6, 6.07) is 8.19. The molecule has 1 amide bonds. The van der Waals surface area contributed by atoms with Crippen LogP contribution in [0.4, 0.5) is 0 Å². The number of ether oxygens (including phenoxy) is 2. The minimum Gasteiger partial charge on any atom is -0.493 e. The van der Waals surface area contributed by atoms with Crippen LogP contribution in [-0.4, -0.2) is 61.1 Å². The van der Waals surface area contributed by atoms with Gasteiger partial charge < -0.3 is 14.4 Å². The van der Waals surface area contributed by atoms with Gasteiger partial charge in [0, 0.05) is 32.2 Å². The lowest BCUT2D eigenvalue weighted by atomic mass is 9.94. The van der Waals surface area contributed by atoms with Gasteiger partial charge in [0.05, 0.1) is 7.11 Å². The number of methoxy groups -OCH3 is 1. The molecule has 1 heterocycles. The standard InChI is InChI=1S/C20H30N2O3/c1-16(25-19-11-7-6-10-18(19)24-2)20(23)22-14-12-21(13-15-22)17-8-4-3-5-9-17/h6-7,10-11,16-17H,3-5,8-9,12-15H2,1-2H3/t16-/m0/s1. The lowest BCUT2D eigenvalue weighted by Crippen LogP contribution is -2.54. The van der Waals surface area contributed by atoms with Crippen molar-refractivity contribution >= 4 is 5.91 Å². The average Bonchev–Trinajstić information content (AvgIpc) is 2.68. The van der Waals surface area contributed by atoms with Crippen molar-refractivity contribution in [2.75, 3.05) is 33.3 Å². The number of benzene rings is 1. The Kier molecular flexibility index (Phi) is 6.19. The molecule has 1 saturated carbocycles. The third kappa shape index (κ3) is 4.46. The van der Waals surface area contributed by atoms with Crippen LogP contribution in [0.25, 0.3) is 0 Å². The van der Waals surface area contributed by atoms with Gasteiger partial charge in [0.1, 0.15) is 0 Å². The lowest BCUT2D eigenvalue weighted by molar-refractivity contribution is -0.140. The third-order valence-electron chi connectivity index (χ3n) is 5.44. The summed E-state index contributed by atoms with van der Waals surface area (Å²) in [6.45, 7) is 5.39. The summed E-state index contributed by atoms with van der Waals surface area (Å²) in [6.07, 6.45) is 6.23. The summed E-state index contributed by atoms with van der Waals surface area (Å²) in [5.74, 6) is 1.34. The topological polar surface area (TPSA) is 42.0 Å². The molecule has 0 bridgehead atoms. The first-order valence-electron chi connectivity index (χ1n) is 9.51. The van der Waals surface area contributed by atoms with Crippen LogP contribution in [0.5, 0.6) is 11.5 Å². The van der Waals surface area contributed by atoms with Crippen molar-refractivity contribution in [1.82, 2.24) is 9.80 Å². The zero-order valence-corrected chi connectivity index (χ0v) is 15.4. The first-order valence-corrected chi connectivity index (χ1v) is 9.51. The van der Waals surface area contributed by atoms with Gasteiger partial charge in [-0.2, -0.15) is 0 Å². The fourth-order valence-corrected chi connectivity index (χ4v) is 3.97. The predicted octanol–water partition coefficient (Wildman–Crippen LogP) is 2.94. The molecule has 0 spiro atoms. The molecule has 5 heteroatoms. The van der Waals surface area contributed by atoms with Crippen LogP contribution in [0.2, 0.25) is 0 Å². The highest BCUT2D eigenvalue weighted by Gasteiger charge is 2.29. The molecule has 1 saturated heterocycles. The zero-order chi connectivity index (χ0) is 17.6. The maximum Gasteiger partial charge on any atom is 0.263 e. The van der Waals surface area contributed by atoms with Gasteiger partial charge in [0.15, 0.2) is 17.6 Å². The van der Waals surface area contributed by atoms with E-state index in [0.717, 1.165) is 32.2 Å². The van der Waals surface area contributed by atoms with Gasteiger partial charge in [-0.25, -0.2) is 0 Å². The Morgan fingerprint density at radius 3 is 2.32 bits per heavy atom. The summed E-state index contributed by atoms with van der Waals surface area (Å²) in [5.41, 5.74) is 0. The van der Waals surface area contributed by atoms with Crippen molar-refractivity contribution in [3.8, 4) is 11.5 Å². The SMILES string of the molecule is COc1ccccc1O[C@@H](C)C(=O)N1CCN(C2CCCCC2)CC1. The Labute approximate surface area is 150 Å². The van der Waals surface area contributed by atoms with Crippen molar-refractivity contribution in [3.63, 3.8) is 0 Å². The summed E-state index contributed by atoms with van der Waals surface area (Å²) >= 11 is 0. The third-order valence-corrected chi connectivity index (χ3v) is 5.44. The van der Waals surface area contributed by atoms with Crippen LogP contribution >= 0.6 is 0 Å². The quantitative estimate of drug-likeness (QED) is 0.822. The Balaban J connectivity index is 1.51. The molecule has 1 aliphatic heterocycles. The van der Waals surface area contributed by atoms with Crippen LogP contribution in [0.1, 0.15) is 39.0 Å². The highest BCUT2D eigenvalue weighted by Crippen LogP contribution is 2.27. The number of hydrogen-bond donors (Lipinski definition) is 0. The first-order chi connectivity index (χ1) is 12.2. The Morgan fingerprint density at radius 1 is 1.04 bits per heavy atom.